The molecule has 0 bridgehead atoms. The molecule has 0 aromatic heterocycles. The molecule has 4 N–H and O–H groups in total. The van der Waals surface area contributed by atoms with Gasteiger partial charge in [0.2, 0.25) is 0 Å². The Morgan fingerprint density at radius 3 is 2.38 bits per heavy atom. The Morgan fingerprint density at radius 2 is 1.88 bits per heavy atom. The van der Waals surface area contributed by atoms with E-state index in [-0.39, 0.29) is 0 Å². The molecular weight excluding hydrogens is 298 g/mol. The molecule has 128 valence electrons. The van der Waals surface area contributed by atoms with Gasteiger partial charge in [0.1, 0.15) is 11.9 Å². The Bertz CT molecular complexity index is 757. The van der Waals surface area contributed by atoms with Gasteiger partial charge in [-0.2, -0.15) is 0 Å². The second-order valence-corrected chi connectivity index (χ2v) is 6.50. The number of likely N-dealkylation sites (tertiary alicyclic amines) is 1. The summed E-state index contributed by atoms with van der Waals surface area (Å²) in [5.74, 6) is 0.933. The van der Waals surface area contributed by atoms with Gasteiger partial charge in [-0.15, -0.1) is 0 Å². The second-order valence-electron chi connectivity index (χ2n) is 6.50. The van der Waals surface area contributed by atoms with E-state index >= 15 is 0 Å². The fraction of sp³-hybridized carbons (Fsp3) is 0.400. The fourth-order valence-corrected chi connectivity index (χ4v) is 3.12. The topological polar surface area (TPSA) is 64.5 Å². The molecule has 1 saturated heterocycles. The van der Waals surface area contributed by atoms with Gasteiger partial charge in [-0.1, -0.05) is 19.1 Å². The Morgan fingerprint density at radius 1 is 1.08 bits per heavy atom. The lowest BCUT2D eigenvalue weighted by Crippen LogP contribution is -2.33. The largest absolute Gasteiger partial charge is 0.489 e. The van der Waals surface area contributed by atoms with E-state index in [4.69, 9.17) is 16.2 Å². The SMILES string of the molecule is CCN1CCCCC(Oc2ccc(N)cc2)C1.Nc1cc2ccc1=2. The maximum absolute atomic E-state index is 6.03. The van der Waals surface area contributed by atoms with Gasteiger partial charge in [-0.3, -0.25) is 4.90 Å². The van der Waals surface area contributed by atoms with Crippen molar-refractivity contribution < 1.29 is 4.74 Å². The van der Waals surface area contributed by atoms with Crippen molar-refractivity contribution in [2.45, 2.75) is 32.3 Å². The van der Waals surface area contributed by atoms with Crippen LogP contribution in [0, 0.1) is 10.4 Å². The van der Waals surface area contributed by atoms with Gasteiger partial charge >= 0.3 is 0 Å². The van der Waals surface area contributed by atoms with Crippen LogP contribution in [-0.4, -0.2) is 30.6 Å². The van der Waals surface area contributed by atoms with Crippen molar-refractivity contribution in [1.29, 1.82) is 0 Å². The van der Waals surface area contributed by atoms with E-state index in [1.807, 2.05) is 36.4 Å². The third-order valence-electron chi connectivity index (χ3n) is 4.70. The maximum atomic E-state index is 6.03. The molecule has 1 aliphatic heterocycles. The van der Waals surface area contributed by atoms with Crippen LogP contribution in [0.2, 0.25) is 0 Å². The number of nitrogen functional groups attached to an aromatic ring is 2. The number of benzene rings is 2. The zero-order chi connectivity index (χ0) is 16.9. The monoisotopic (exact) mass is 325 g/mol. The van der Waals surface area contributed by atoms with Crippen LogP contribution >= 0.6 is 0 Å². The van der Waals surface area contributed by atoms with Gasteiger partial charge in [-0.05, 0) is 67.9 Å². The first-order chi connectivity index (χ1) is 11.7. The number of likely N-dealkylation sites (N-methyl/N-ethyl adjacent to an activating group) is 1. The van der Waals surface area contributed by atoms with Crippen LogP contribution in [0.5, 0.6) is 5.75 Å². The van der Waals surface area contributed by atoms with E-state index in [1.54, 1.807) is 0 Å². The van der Waals surface area contributed by atoms with E-state index < -0.39 is 0 Å². The molecular formula is C20H27N3O. The number of nitrogens with zero attached hydrogens (tertiary/aromatic N) is 1. The third kappa shape index (κ3) is 4.01. The molecule has 0 spiro atoms. The van der Waals surface area contributed by atoms with Crippen molar-refractivity contribution in [3.05, 3.63) is 52.9 Å². The van der Waals surface area contributed by atoms with E-state index in [1.165, 1.54) is 29.8 Å². The quantitative estimate of drug-likeness (QED) is 0.725. The van der Waals surface area contributed by atoms with Crippen LogP contribution in [0.25, 0.3) is 0 Å². The average Bonchev–Trinajstić information content (AvgIpc) is 2.80. The molecule has 1 unspecified atom stereocenters. The lowest BCUT2D eigenvalue weighted by molar-refractivity contribution is 0.145. The molecule has 0 amide bonds. The van der Waals surface area contributed by atoms with Crippen LogP contribution in [0.15, 0.2) is 42.5 Å². The van der Waals surface area contributed by atoms with Crippen molar-refractivity contribution in [1.82, 2.24) is 4.90 Å². The maximum Gasteiger partial charge on any atom is 0.119 e. The van der Waals surface area contributed by atoms with E-state index in [2.05, 4.69) is 17.9 Å². The summed E-state index contributed by atoms with van der Waals surface area (Å²) in [5, 5.41) is 2.57. The predicted molar refractivity (Wildman–Crippen MR) is 99.8 cm³/mol. The molecule has 0 radical (unpaired) electrons. The van der Waals surface area contributed by atoms with Crippen molar-refractivity contribution in [3.8, 4) is 5.75 Å². The molecule has 1 atom stereocenters. The van der Waals surface area contributed by atoms with Gasteiger partial charge < -0.3 is 16.2 Å². The molecule has 24 heavy (non-hydrogen) atoms. The van der Waals surface area contributed by atoms with Crippen molar-refractivity contribution in [2.75, 3.05) is 31.1 Å². The summed E-state index contributed by atoms with van der Waals surface area (Å²) < 4.78 is 6.03. The number of hydrogen-bond donors (Lipinski definition) is 2. The molecule has 1 aromatic carbocycles. The number of nitrogens with two attached hydrogens (primary N) is 2. The fourth-order valence-electron chi connectivity index (χ4n) is 3.12. The highest BCUT2D eigenvalue weighted by Gasteiger charge is 2.18. The zero-order valence-corrected chi connectivity index (χ0v) is 14.4. The van der Waals surface area contributed by atoms with Crippen LogP contribution in [0.1, 0.15) is 26.2 Å². The number of ether oxygens (including phenoxy) is 1. The summed E-state index contributed by atoms with van der Waals surface area (Å²) in [6, 6.07) is 13.8. The lowest BCUT2D eigenvalue weighted by Gasteiger charge is -2.23. The summed E-state index contributed by atoms with van der Waals surface area (Å²) in [7, 11) is 0. The van der Waals surface area contributed by atoms with E-state index in [9.17, 15) is 0 Å². The summed E-state index contributed by atoms with van der Waals surface area (Å²) in [5.41, 5.74) is 12.8. The van der Waals surface area contributed by atoms with Gasteiger partial charge in [0.05, 0.1) is 0 Å². The highest BCUT2D eigenvalue weighted by Crippen LogP contribution is 2.19. The first-order valence-corrected chi connectivity index (χ1v) is 8.80. The van der Waals surface area contributed by atoms with Crippen LogP contribution in [0.3, 0.4) is 0 Å². The summed E-state index contributed by atoms with van der Waals surface area (Å²) >= 11 is 0. The smallest absolute Gasteiger partial charge is 0.119 e. The van der Waals surface area contributed by atoms with Crippen molar-refractivity contribution in [3.63, 3.8) is 0 Å². The minimum absolute atomic E-state index is 0.320. The van der Waals surface area contributed by atoms with Crippen LogP contribution < -0.4 is 16.2 Å². The normalized spacial score (nSPS) is 19.0. The summed E-state index contributed by atoms with van der Waals surface area (Å²) in [4.78, 5) is 2.47. The standard InChI is InChI=1S/C14H22N2O.C6H5N/c1-2-16-10-4-3-5-14(11-16)17-13-8-6-12(15)7-9-13;7-6-3-4-1-2-5(4)6/h6-9,14H,2-5,10-11,15H2,1H3;1-3H,7H2. The van der Waals surface area contributed by atoms with Crippen molar-refractivity contribution >= 4 is 11.4 Å². The minimum Gasteiger partial charge on any atom is -0.489 e. The Kier molecular flexibility index (Phi) is 5.26. The number of hydrogen-bond acceptors (Lipinski definition) is 4. The molecule has 4 heteroatoms. The Hall–Kier alpha value is -2.20. The van der Waals surface area contributed by atoms with Gasteiger partial charge in [0.25, 0.3) is 0 Å². The molecule has 4 nitrogen and oxygen atoms in total. The molecule has 0 saturated carbocycles. The summed E-state index contributed by atoms with van der Waals surface area (Å²) in [6.45, 7) is 5.58. The predicted octanol–water partition coefficient (Wildman–Crippen LogP) is 3.39. The van der Waals surface area contributed by atoms with Crippen molar-refractivity contribution in [2.24, 2.45) is 0 Å². The van der Waals surface area contributed by atoms with E-state index in [0.717, 1.165) is 36.6 Å². The molecule has 2 aliphatic carbocycles. The first-order valence-electron chi connectivity index (χ1n) is 8.80. The number of rotatable bonds is 3. The molecule has 3 aliphatic rings. The number of anilines is 2. The minimum atomic E-state index is 0.320. The lowest BCUT2D eigenvalue weighted by atomic mass is 10.1. The zero-order valence-electron chi connectivity index (χ0n) is 14.4. The first kappa shape index (κ1) is 16.7. The van der Waals surface area contributed by atoms with Gasteiger partial charge in [-0.25, -0.2) is 0 Å². The average molecular weight is 325 g/mol. The Balaban J connectivity index is 0.000000198. The molecule has 1 aromatic rings. The van der Waals surface area contributed by atoms with Crippen LogP contribution in [-0.2, 0) is 0 Å². The van der Waals surface area contributed by atoms with Gasteiger partial charge in [0, 0.05) is 23.1 Å². The molecule has 1 heterocycles. The van der Waals surface area contributed by atoms with E-state index in [0.29, 0.717) is 6.10 Å². The summed E-state index contributed by atoms with van der Waals surface area (Å²) in [6.07, 6.45) is 4.02. The Labute approximate surface area is 143 Å². The molecule has 4 rings (SSSR count). The third-order valence-corrected chi connectivity index (χ3v) is 4.70. The second kappa shape index (κ2) is 7.58. The highest BCUT2D eigenvalue weighted by atomic mass is 16.5. The van der Waals surface area contributed by atoms with Crippen LogP contribution in [0.4, 0.5) is 11.4 Å². The molecule has 1 fully saturated rings. The highest BCUT2D eigenvalue weighted by molar-refractivity contribution is 5.50. The van der Waals surface area contributed by atoms with Gasteiger partial charge in [0.15, 0.2) is 0 Å².